The highest BCUT2D eigenvalue weighted by Gasteiger charge is 2.22. The number of phenols is 1. The van der Waals surface area contributed by atoms with Gasteiger partial charge >= 0.3 is 0 Å². The van der Waals surface area contributed by atoms with Crippen molar-refractivity contribution in [3.8, 4) is 5.75 Å². The smallest absolute Gasteiger partial charge is 0.254 e. The van der Waals surface area contributed by atoms with Gasteiger partial charge in [0.05, 0.1) is 0 Å². The van der Waals surface area contributed by atoms with Crippen LogP contribution in [0.15, 0.2) is 35.7 Å². The zero-order valence-corrected chi connectivity index (χ0v) is 10.6. The molecule has 92 valence electrons. The van der Waals surface area contributed by atoms with Gasteiger partial charge in [-0.25, -0.2) is 0 Å². The lowest BCUT2D eigenvalue weighted by Crippen LogP contribution is -2.35. The molecule has 3 nitrogen and oxygen atoms in total. The highest BCUT2D eigenvalue weighted by Crippen LogP contribution is 2.25. The average molecular weight is 259 g/mol. The Balaban J connectivity index is 1.83. The van der Waals surface area contributed by atoms with Crippen molar-refractivity contribution in [3.63, 3.8) is 0 Å². The Kier molecular flexibility index (Phi) is 2.80. The molecule has 1 aliphatic heterocycles. The number of phenolic OH excluding ortho intramolecular Hbond substituents is 1. The van der Waals surface area contributed by atoms with Crippen LogP contribution in [0.3, 0.4) is 0 Å². The van der Waals surface area contributed by atoms with Crippen LogP contribution in [-0.4, -0.2) is 22.5 Å². The monoisotopic (exact) mass is 259 g/mol. The van der Waals surface area contributed by atoms with E-state index in [0.717, 1.165) is 13.0 Å². The molecule has 0 spiro atoms. The molecule has 2 heterocycles. The van der Waals surface area contributed by atoms with Crippen molar-refractivity contribution in [2.45, 2.75) is 13.0 Å². The normalized spacial score (nSPS) is 14.3. The number of fused-ring (bicyclic) bond motifs is 1. The van der Waals surface area contributed by atoms with E-state index in [1.807, 2.05) is 4.90 Å². The van der Waals surface area contributed by atoms with Crippen LogP contribution >= 0.6 is 11.3 Å². The van der Waals surface area contributed by atoms with Crippen LogP contribution in [0, 0.1) is 0 Å². The molecule has 3 rings (SSSR count). The van der Waals surface area contributed by atoms with Gasteiger partial charge in [0, 0.05) is 23.5 Å². The number of amides is 1. The van der Waals surface area contributed by atoms with Crippen LogP contribution in [0.1, 0.15) is 20.8 Å². The molecule has 4 heteroatoms. The minimum Gasteiger partial charge on any atom is -0.508 e. The van der Waals surface area contributed by atoms with E-state index in [2.05, 4.69) is 11.4 Å². The van der Waals surface area contributed by atoms with Gasteiger partial charge < -0.3 is 10.0 Å². The van der Waals surface area contributed by atoms with Crippen molar-refractivity contribution in [1.29, 1.82) is 0 Å². The van der Waals surface area contributed by atoms with Crippen molar-refractivity contribution in [1.82, 2.24) is 4.90 Å². The minimum atomic E-state index is -0.0113. The summed E-state index contributed by atoms with van der Waals surface area (Å²) in [6, 6.07) is 8.62. The third-order valence-electron chi connectivity index (χ3n) is 3.19. The summed E-state index contributed by atoms with van der Waals surface area (Å²) in [5.74, 6) is 0.122. The van der Waals surface area contributed by atoms with E-state index in [4.69, 9.17) is 0 Å². The molecule has 2 aromatic rings. The predicted molar refractivity (Wildman–Crippen MR) is 70.9 cm³/mol. The number of rotatable bonds is 1. The maximum absolute atomic E-state index is 12.3. The molecular formula is C14H13NO2S. The molecule has 0 unspecified atom stereocenters. The second-order valence-corrected chi connectivity index (χ2v) is 5.40. The first-order chi connectivity index (χ1) is 8.74. The Morgan fingerprint density at radius 2 is 2.22 bits per heavy atom. The van der Waals surface area contributed by atoms with E-state index >= 15 is 0 Å². The minimum absolute atomic E-state index is 0.0113. The van der Waals surface area contributed by atoms with Gasteiger partial charge in [0.2, 0.25) is 0 Å². The van der Waals surface area contributed by atoms with Crippen LogP contribution < -0.4 is 0 Å². The van der Waals surface area contributed by atoms with Crippen molar-refractivity contribution in [2.24, 2.45) is 0 Å². The first-order valence-corrected chi connectivity index (χ1v) is 6.75. The molecule has 0 fully saturated rings. The van der Waals surface area contributed by atoms with Gasteiger partial charge in [-0.3, -0.25) is 4.79 Å². The van der Waals surface area contributed by atoms with Crippen molar-refractivity contribution < 1.29 is 9.90 Å². The highest BCUT2D eigenvalue weighted by atomic mass is 32.1. The third kappa shape index (κ3) is 1.99. The Hall–Kier alpha value is -1.81. The van der Waals surface area contributed by atoms with Crippen LogP contribution in [0.2, 0.25) is 0 Å². The zero-order chi connectivity index (χ0) is 12.5. The number of benzene rings is 1. The molecule has 0 atom stereocenters. The molecule has 1 aromatic heterocycles. The molecule has 0 saturated heterocycles. The fourth-order valence-electron chi connectivity index (χ4n) is 2.24. The summed E-state index contributed by atoms with van der Waals surface area (Å²) in [6.45, 7) is 1.43. The summed E-state index contributed by atoms with van der Waals surface area (Å²) in [5, 5.41) is 11.5. The number of thiophene rings is 1. The molecule has 0 bridgehead atoms. The van der Waals surface area contributed by atoms with Crippen LogP contribution in [0.5, 0.6) is 5.75 Å². The first-order valence-electron chi connectivity index (χ1n) is 5.87. The standard InChI is InChI=1S/C14H13NO2S/c16-12-3-1-2-10(8-12)14(17)15-6-4-13-11(9-15)5-7-18-13/h1-3,5,7-8,16H,4,6,9H2. The highest BCUT2D eigenvalue weighted by molar-refractivity contribution is 7.10. The maximum Gasteiger partial charge on any atom is 0.254 e. The summed E-state index contributed by atoms with van der Waals surface area (Å²) < 4.78 is 0. The van der Waals surface area contributed by atoms with E-state index in [1.165, 1.54) is 16.5 Å². The summed E-state index contributed by atoms with van der Waals surface area (Å²) in [4.78, 5) is 15.5. The van der Waals surface area contributed by atoms with Gasteiger partial charge in [-0.1, -0.05) is 6.07 Å². The number of carbonyl (C=O) groups excluding carboxylic acids is 1. The van der Waals surface area contributed by atoms with Crippen molar-refractivity contribution in [3.05, 3.63) is 51.7 Å². The Morgan fingerprint density at radius 3 is 3.06 bits per heavy atom. The number of hydrogen-bond acceptors (Lipinski definition) is 3. The van der Waals surface area contributed by atoms with Gasteiger partial charge in [0.25, 0.3) is 5.91 Å². The molecule has 1 N–H and O–H groups in total. The van der Waals surface area contributed by atoms with Crippen LogP contribution in [0.4, 0.5) is 0 Å². The van der Waals surface area contributed by atoms with Crippen LogP contribution in [-0.2, 0) is 13.0 Å². The Bertz CT molecular complexity index is 591. The molecule has 1 amide bonds. The van der Waals surface area contributed by atoms with E-state index in [1.54, 1.807) is 29.5 Å². The van der Waals surface area contributed by atoms with Gasteiger partial charge in [0.1, 0.15) is 5.75 Å². The maximum atomic E-state index is 12.3. The van der Waals surface area contributed by atoms with E-state index < -0.39 is 0 Å². The summed E-state index contributed by atoms with van der Waals surface area (Å²) in [7, 11) is 0. The van der Waals surface area contributed by atoms with Gasteiger partial charge in [-0.05, 0) is 41.6 Å². The lowest BCUT2D eigenvalue weighted by atomic mass is 10.1. The SMILES string of the molecule is O=C(c1cccc(O)c1)N1CCc2sccc2C1. The van der Waals surface area contributed by atoms with Crippen molar-refractivity contribution in [2.75, 3.05) is 6.54 Å². The molecule has 1 aliphatic rings. The molecule has 0 saturated carbocycles. The molecule has 1 aromatic carbocycles. The van der Waals surface area contributed by atoms with Crippen LogP contribution in [0.25, 0.3) is 0 Å². The second kappa shape index (κ2) is 4.46. The number of hydrogen-bond donors (Lipinski definition) is 1. The van der Waals surface area contributed by atoms with Gasteiger partial charge in [-0.15, -0.1) is 11.3 Å². The third-order valence-corrected chi connectivity index (χ3v) is 4.21. The molecule has 0 aliphatic carbocycles. The predicted octanol–water partition coefficient (Wildman–Crippen LogP) is 2.65. The summed E-state index contributed by atoms with van der Waals surface area (Å²) >= 11 is 1.76. The first kappa shape index (κ1) is 11.3. The zero-order valence-electron chi connectivity index (χ0n) is 9.80. The number of aromatic hydroxyl groups is 1. The second-order valence-electron chi connectivity index (χ2n) is 4.40. The van der Waals surface area contributed by atoms with E-state index in [9.17, 15) is 9.90 Å². The average Bonchev–Trinajstić information content (AvgIpc) is 2.85. The number of nitrogens with zero attached hydrogens (tertiary/aromatic N) is 1. The summed E-state index contributed by atoms with van der Waals surface area (Å²) in [5.41, 5.74) is 1.80. The quantitative estimate of drug-likeness (QED) is 0.855. The lowest BCUT2D eigenvalue weighted by molar-refractivity contribution is 0.0735. The molecule has 18 heavy (non-hydrogen) atoms. The van der Waals surface area contributed by atoms with E-state index in [-0.39, 0.29) is 11.7 Å². The topological polar surface area (TPSA) is 40.5 Å². The van der Waals surface area contributed by atoms with Crippen molar-refractivity contribution >= 4 is 17.2 Å². The Labute approximate surface area is 109 Å². The largest absolute Gasteiger partial charge is 0.508 e. The number of carbonyl (C=O) groups is 1. The Morgan fingerprint density at radius 1 is 1.33 bits per heavy atom. The van der Waals surface area contributed by atoms with E-state index in [0.29, 0.717) is 12.1 Å². The fraction of sp³-hybridized carbons (Fsp3) is 0.214. The fourth-order valence-corrected chi connectivity index (χ4v) is 3.13. The van der Waals surface area contributed by atoms with Gasteiger partial charge in [-0.2, -0.15) is 0 Å². The lowest BCUT2D eigenvalue weighted by Gasteiger charge is -2.27. The molecule has 0 radical (unpaired) electrons. The molecular weight excluding hydrogens is 246 g/mol. The van der Waals surface area contributed by atoms with Gasteiger partial charge in [0.15, 0.2) is 0 Å². The summed E-state index contributed by atoms with van der Waals surface area (Å²) in [6.07, 6.45) is 0.928.